The van der Waals surface area contributed by atoms with Crippen LogP contribution < -0.4 is 40.2 Å². The van der Waals surface area contributed by atoms with Crippen molar-refractivity contribution in [3.63, 3.8) is 0 Å². The van der Waals surface area contributed by atoms with E-state index in [2.05, 4.69) is 31.3 Å². The van der Waals surface area contributed by atoms with Crippen LogP contribution in [0.4, 0.5) is 11.4 Å². The molecule has 0 saturated heterocycles. The first-order valence-corrected chi connectivity index (χ1v) is 27.9. The van der Waals surface area contributed by atoms with E-state index in [-0.39, 0.29) is 81.0 Å². The summed E-state index contributed by atoms with van der Waals surface area (Å²) in [6.07, 6.45) is 16.4. The monoisotopic (exact) mass is 1210 g/mol. The summed E-state index contributed by atoms with van der Waals surface area (Å²) >= 11 is 2.00. The van der Waals surface area contributed by atoms with Gasteiger partial charge in [0.2, 0.25) is 23.6 Å². The summed E-state index contributed by atoms with van der Waals surface area (Å²) in [5.74, 6) is -0.321. The number of benzene rings is 2. The van der Waals surface area contributed by atoms with Crippen molar-refractivity contribution in [2.75, 3.05) is 97.8 Å². The molecule has 4 heterocycles. The standard InChI is InChI=1S/C56H73IN8O14/c1-7-10-38-25-40-32-60-44-29-48(46(72-5)27-42(44)55(70)64(40)34-38)78-15-9-16-79-49-30-45-43(28-47(49)73-6)56(71)65-35-39(26-41(65)33-61-45)11-8-13-59-53(68)37(4)62-54(69)52(36(2)3)63-50(66)12-17-74-19-21-76-23-24-77-22-20-75-18-14-58-51(67)31-57/h7-8,10-11,27-30,32-37,40-41,52H,9,12-26,31H2,1-6H3,(H,58,67)(H,59,68)(H,62,69)(H,63,66)/b10-7+,11-8+/t37-,40-,41-,52-/m0/s1. The molecule has 2 aromatic rings. The number of aliphatic imine (C=N–C) groups is 2. The lowest BCUT2D eigenvalue weighted by Crippen LogP contribution is -2.54. The van der Waals surface area contributed by atoms with E-state index >= 15 is 0 Å². The molecular formula is C56H73IN8O14. The minimum Gasteiger partial charge on any atom is -0.493 e. The highest BCUT2D eigenvalue weighted by atomic mass is 127. The minimum absolute atomic E-state index is 0.0271. The van der Waals surface area contributed by atoms with Crippen molar-refractivity contribution in [1.29, 1.82) is 0 Å². The molecule has 0 saturated carbocycles. The fourth-order valence-corrected chi connectivity index (χ4v) is 8.85. The van der Waals surface area contributed by atoms with Gasteiger partial charge in [0, 0.05) is 62.9 Å². The van der Waals surface area contributed by atoms with Crippen LogP contribution in [0.2, 0.25) is 0 Å². The molecule has 4 aliphatic heterocycles. The molecule has 4 aliphatic rings. The summed E-state index contributed by atoms with van der Waals surface area (Å²) in [5, 5.41) is 11.0. The van der Waals surface area contributed by atoms with Crippen LogP contribution in [0.1, 0.15) is 74.1 Å². The fraction of sp³-hybridized carbons (Fsp3) is 0.500. The van der Waals surface area contributed by atoms with Crippen molar-refractivity contribution in [1.82, 2.24) is 31.1 Å². The highest BCUT2D eigenvalue weighted by Crippen LogP contribution is 2.40. The lowest BCUT2D eigenvalue weighted by molar-refractivity contribution is -0.133. The van der Waals surface area contributed by atoms with Gasteiger partial charge in [-0.05, 0) is 55.9 Å². The molecule has 0 aromatic heterocycles. The SMILES string of the molecule is C/C=C/C1=CN2C(=O)c3cc(OC)c(OCCCOc4cc5c(cc4OC)C(=O)N4C=C(/C=C/CNC(=O)[C@H](C)NC(=O)[C@@H](NC(=O)CCOCCOCCOCCOCCNC(=O)CI)C(C)C)C[C@H]4C=N5)cc3N=C[C@@H]2C1. The van der Waals surface area contributed by atoms with E-state index < -0.39 is 23.9 Å². The molecule has 4 N–H and O–H groups in total. The Hall–Kier alpha value is -6.67. The maximum atomic E-state index is 13.9. The largest absolute Gasteiger partial charge is 0.493 e. The smallest absolute Gasteiger partial charge is 0.260 e. The molecule has 4 atom stereocenters. The van der Waals surface area contributed by atoms with Crippen molar-refractivity contribution in [3.05, 3.63) is 83.2 Å². The summed E-state index contributed by atoms with van der Waals surface area (Å²) in [6, 6.07) is 4.43. The average Bonchev–Trinajstić information content (AvgIpc) is 4.07. The number of amides is 6. The molecule has 0 unspecified atom stereocenters. The lowest BCUT2D eigenvalue weighted by Gasteiger charge is -2.23. The summed E-state index contributed by atoms with van der Waals surface area (Å²) in [6.45, 7) is 11.0. The van der Waals surface area contributed by atoms with Crippen LogP contribution in [0.15, 0.2) is 82.1 Å². The van der Waals surface area contributed by atoms with E-state index in [1.807, 2.05) is 53.9 Å². The third kappa shape index (κ3) is 18.2. The Labute approximate surface area is 474 Å². The van der Waals surface area contributed by atoms with E-state index in [1.165, 1.54) is 14.2 Å². The number of carbonyl (C=O) groups is 6. The van der Waals surface area contributed by atoms with Crippen molar-refractivity contribution in [2.24, 2.45) is 15.9 Å². The van der Waals surface area contributed by atoms with Gasteiger partial charge in [0.15, 0.2) is 23.0 Å². The number of nitrogens with zero attached hydrogens (tertiary/aromatic N) is 4. The number of methoxy groups -OCH3 is 2. The summed E-state index contributed by atoms with van der Waals surface area (Å²) in [4.78, 5) is 90.2. The van der Waals surface area contributed by atoms with Gasteiger partial charge in [-0.3, -0.25) is 38.8 Å². The summed E-state index contributed by atoms with van der Waals surface area (Å²) < 4.78 is 45.7. The number of nitrogens with one attached hydrogen (secondary N) is 4. The molecule has 2 aromatic carbocycles. The molecule has 0 aliphatic carbocycles. The molecule has 79 heavy (non-hydrogen) atoms. The number of hydrogen-bond donors (Lipinski definition) is 4. The van der Waals surface area contributed by atoms with Gasteiger partial charge in [0.05, 0.1) is 119 Å². The van der Waals surface area contributed by atoms with E-state index in [0.29, 0.717) is 115 Å². The summed E-state index contributed by atoms with van der Waals surface area (Å²) in [5.41, 5.74) is 3.62. The molecule has 0 spiro atoms. The fourth-order valence-electron chi connectivity index (χ4n) is 8.58. The predicted molar refractivity (Wildman–Crippen MR) is 304 cm³/mol. The van der Waals surface area contributed by atoms with E-state index in [4.69, 9.17) is 37.9 Å². The van der Waals surface area contributed by atoms with E-state index in [1.54, 1.807) is 79.5 Å². The third-order valence-electron chi connectivity index (χ3n) is 12.7. The number of fused-ring (bicyclic) bond motifs is 4. The van der Waals surface area contributed by atoms with E-state index in [0.717, 1.165) is 11.1 Å². The van der Waals surface area contributed by atoms with Crippen molar-refractivity contribution >= 4 is 81.8 Å². The topological polar surface area (TPSA) is 256 Å². The van der Waals surface area contributed by atoms with Crippen LogP contribution >= 0.6 is 22.6 Å². The number of allylic oxidation sites excluding steroid dienone is 3. The molecule has 23 heteroatoms. The van der Waals surface area contributed by atoms with Crippen LogP contribution in [0.25, 0.3) is 0 Å². The van der Waals surface area contributed by atoms with Crippen LogP contribution in [0, 0.1) is 5.92 Å². The molecule has 0 radical (unpaired) electrons. The second-order valence-electron chi connectivity index (χ2n) is 18.9. The van der Waals surface area contributed by atoms with Crippen LogP contribution in [0.5, 0.6) is 23.0 Å². The van der Waals surface area contributed by atoms with Gasteiger partial charge in [-0.15, -0.1) is 0 Å². The zero-order chi connectivity index (χ0) is 56.7. The third-order valence-corrected chi connectivity index (χ3v) is 13.4. The molecule has 6 rings (SSSR count). The number of halogens is 1. The Morgan fingerprint density at radius 2 is 1.18 bits per heavy atom. The Morgan fingerprint density at radius 3 is 1.68 bits per heavy atom. The van der Waals surface area contributed by atoms with Crippen molar-refractivity contribution in [2.45, 2.75) is 77.5 Å². The zero-order valence-corrected chi connectivity index (χ0v) is 47.9. The number of carbonyl (C=O) groups excluding carboxylic acids is 6. The molecule has 0 bridgehead atoms. The predicted octanol–water partition coefficient (Wildman–Crippen LogP) is 5.08. The van der Waals surface area contributed by atoms with Gasteiger partial charge in [-0.25, -0.2) is 0 Å². The van der Waals surface area contributed by atoms with Gasteiger partial charge in [0.25, 0.3) is 11.8 Å². The molecule has 6 amide bonds. The molecule has 22 nitrogen and oxygen atoms in total. The number of hydrogen-bond acceptors (Lipinski definition) is 16. The Morgan fingerprint density at radius 1 is 0.658 bits per heavy atom. The second-order valence-corrected chi connectivity index (χ2v) is 19.6. The summed E-state index contributed by atoms with van der Waals surface area (Å²) in [7, 11) is 3.02. The molecule has 0 fully saturated rings. The van der Waals surface area contributed by atoms with Crippen LogP contribution in [0.3, 0.4) is 0 Å². The van der Waals surface area contributed by atoms with Crippen molar-refractivity contribution < 1.29 is 66.7 Å². The van der Waals surface area contributed by atoms with E-state index in [9.17, 15) is 28.8 Å². The number of alkyl halides is 1. The molecule has 428 valence electrons. The number of rotatable bonds is 33. The highest BCUT2D eigenvalue weighted by Gasteiger charge is 2.34. The van der Waals surface area contributed by atoms with Gasteiger partial charge in [-0.1, -0.05) is 60.7 Å². The second kappa shape index (κ2) is 31.8. The van der Waals surface area contributed by atoms with Crippen molar-refractivity contribution in [3.8, 4) is 23.0 Å². The first kappa shape index (κ1) is 61.5. The quantitative estimate of drug-likeness (QED) is 0.0413. The molecular weight excluding hydrogens is 1140 g/mol. The maximum Gasteiger partial charge on any atom is 0.260 e. The normalized spacial score (nSPS) is 17.1. The van der Waals surface area contributed by atoms with Crippen LogP contribution in [-0.4, -0.2) is 180 Å². The van der Waals surface area contributed by atoms with Gasteiger partial charge in [-0.2, -0.15) is 0 Å². The zero-order valence-electron chi connectivity index (χ0n) is 45.7. The van der Waals surface area contributed by atoms with Crippen LogP contribution in [-0.2, 0) is 38.1 Å². The lowest BCUT2D eigenvalue weighted by atomic mass is 10.0. The minimum atomic E-state index is -0.888. The first-order chi connectivity index (χ1) is 38.2. The Bertz CT molecular complexity index is 2650. The Balaban J connectivity index is 0.873. The van der Waals surface area contributed by atoms with Gasteiger partial charge >= 0.3 is 0 Å². The first-order valence-electron chi connectivity index (χ1n) is 26.4. The Kier molecular flexibility index (Phi) is 24.8. The van der Waals surface area contributed by atoms with Gasteiger partial charge < -0.3 is 69.0 Å². The average molecular weight is 1210 g/mol. The highest BCUT2D eigenvalue weighted by molar-refractivity contribution is 14.1. The van der Waals surface area contributed by atoms with Gasteiger partial charge in [0.1, 0.15) is 12.1 Å². The number of ether oxygens (including phenoxy) is 8. The maximum absolute atomic E-state index is 13.9.